The number of ketones is 1. The van der Waals surface area contributed by atoms with Gasteiger partial charge in [-0.3, -0.25) is 9.59 Å². The maximum atomic E-state index is 12.2. The first-order valence-corrected chi connectivity index (χ1v) is 10.0. The lowest BCUT2D eigenvalue weighted by Crippen LogP contribution is -2.40. The van der Waals surface area contributed by atoms with Crippen LogP contribution < -0.4 is 5.32 Å². The maximum absolute atomic E-state index is 12.2. The first-order chi connectivity index (χ1) is 15.0. The van der Waals surface area contributed by atoms with E-state index < -0.39 is 17.9 Å². The van der Waals surface area contributed by atoms with Gasteiger partial charge in [-0.2, -0.15) is 0 Å². The first kappa shape index (κ1) is 20.3. The number of hydrogen-bond donors (Lipinski definition) is 2. The maximum Gasteiger partial charge on any atom is 0.326 e. The highest BCUT2D eigenvalue weighted by Crippen LogP contribution is 2.37. The Hall–Kier alpha value is -3.93. The van der Waals surface area contributed by atoms with Crippen LogP contribution in [0.4, 0.5) is 0 Å². The Kier molecular flexibility index (Phi) is 5.80. The standard InChI is InChI=1S/C25H21NO5/c27-20-7-4-8-22-24(20)18-15-17(10-13-21(18)31-22)9-12-19(25(29)30)26-23(28)14-11-16-5-2-1-3-6-16/h1-8,10-11,13-15,19,21H,9,12H2,(H,26,28)(H,29,30). The molecule has 1 aliphatic heterocycles. The van der Waals surface area contributed by atoms with Gasteiger partial charge >= 0.3 is 5.97 Å². The van der Waals surface area contributed by atoms with Gasteiger partial charge in [-0.25, -0.2) is 4.79 Å². The topological polar surface area (TPSA) is 92.7 Å². The van der Waals surface area contributed by atoms with Crippen molar-refractivity contribution in [2.75, 3.05) is 0 Å². The Bertz CT molecular complexity index is 1100. The number of nitrogens with one attached hydrogen (secondary N) is 1. The van der Waals surface area contributed by atoms with Crippen LogP contribution in [0.1, 0.15) is 18.4 Å². The molecule has 156 valence electrons. The summed E-state index contributed by atoms with van der Waals surface area (Å²) in [6.07, 6.45) is 13.9. The Morgan fingerprint density at radius 1 is 1.19 bits per heavy atom. The quantitative estimate of drug-likeness (QED) is 0.667. The molecule has 1 heterocycles. The van der Waals surface area contributed by atoms with Crippen LogP contribution in [0.2, 0.25) is 0 Å². The summed E-state index contributed by atoms with van der Waals surface area (Å²) in [6.45, 7) is 0. The van der Waals surface area contributed by atoms with Crippen LogP contribution in [0.25, 0.3) is 6.08 Å². The average molecular weight is 415 g/mol. The zero-order valence-electron chi connectivity index (χ0n) is 16.7. The fourth-order valence-corrected chi connectivity index (χ4v) is 3.67. The Balaban J connectivity index is 1.40. The molecule has 2 unspecified atom stereocenters. The summed E-state index contributed by atoms with van der Waals surface area (Å²) in [7, 11) is 0. The van der Waals surface area contributed by atoms with Crippen LogP contribution in [-0.4, -0.2) is 34.9 Å². The van der Waals surface area contributed by atoms with Crippen molar-refractivity contribution in [1.29, 1.82) is 0 Å². The molecule has 6 nitrogen and oxygen atoms in total. The number of carbonyl (C=O) groups is 3. The molecule has 2 atom stereocenters. The number of carboxylic acid groups (broad SMARTS) is 1. The highest BCUT2D eigenvalue weighted by atomic mass is 16.5. The van der Waals surface area contributed by atoms with E-state index in [0.717, 1.165) is 16.7 Å². The van der Waals surface area contributed by atoms with E-state index in [9.17, 15) is 19.5 Å². The van der Waals surface area contributed by atoms with Gasteiger partial charge < -0.3 is 15.2 Å². The highest BCUT2D eigenvalue weighted by molar-refractivity contribution is 6.10. The van der Waals surface area contributed by atoms with Crippen LogP contribution >= 0.6 is 0 Å². The third-order valence-corrected chi connectivity index (χ3v) is 5.23. The lowest BCUT2D eigenvalue weighted by molar-refractivity contribution is -0.141. The average Bonchev–Trinajstić information content (AvgIpc) is 3.15. The van der Waals surface area contributed by atoms with Crippen molar-refractivity contribution in [3.63, 3.8) is 0 Å². The number of fused-ring (bicyclic) bond motifs is 2. The Labute approximate surface area is 179 Å². The number of allylic oxidation sites excluding steroid dienone is 6. The zero-order valence-corrected chi connectivity index (χ0v) is 16.7. The number of carbonyl (C=O) groups excluding carboxylic acids is 2. The molecule has 0 saturated carbocycles. The second-order valence-corrected chi connectivity index (χ2v) is 7.38. The zero-order chi connectivity index (χ0) is 21.8. The summed E-state index contributed by atoms with van der Waals surface area (Å²) in [6, 6.07) is 8.27. The molecule has 31 heavy (non-hydrogen) atoms. The summed E-state index contributed by atoms with van der Waals surface area (Å²) in [5, 5.41) is 12.1. The minimum absolute atomic E-state index is 0.0956. The molecule has 2 N–H and O–H groups in total. The monoisotopic (exact) mass is 415 g/mol. The van der Waals surface area contributed by atoms with Crippen LogP contribution in [0.5, 0.6) is 0 Å². The molecule has 1 aromatic rings. The smallest absolute Gasteiger partial charge is 0.326 e. The summed E-state index contributed by atoms with van der Waals surface area (Å²) in [4.78, 5) is 36.0. The van der Waals surface area contributed by atoms with E-state index in [1.807, 2.05) is 48.6 Å². The fraction of sp³-hybridized carbons (Fsp3) is 0.160. The summed E-state index contributed by atoms with van der Waals surface area (Å²) >= 11 is 0. The van der Waals surface area contributed by atoms with E-state index in [1.165, 1.54) is 12.2 Å². The number of hydrogen-bond acceptors (Lipinski definition) is 4. The van der Waals surface area contributed by atoms with Crippen LogP contribution in [0, 0.1) is 0 Å². The van der Waals surface area contributed by atoms with E-state index >= 15 is 0 Å². The minimum atomic E-state index is -1.09. The van der Waals surface area contributed by atoms with Crippen LogP contribution in [-0.2, 0) is 19.1 Å². The third-order valence-electron chi connectivity index (χ3n) is 5.23. The molecule has 0 aromatic heterocycles. The molecule has 1 amide bonds. The molecule has 0 bridgehead atoms. The molecule has 0 saturated heterocycles. The van der Waals surface area contributed by atoms with Gasteiger partial charge in [0, 0.05) is 11.6 Å². The molecule has 0 fully saturated rings. The van der Waals surface area contributed by atoms with Crippen molar-refractivity contribution in [2.24, 2.45) is 0 Å². The summed E-state index contributed by atoms with van der Waals surface area (Å²) in [5.41, 5.74) is 3.08. The Morgan fingerprint density at radius 2 is 2.00 bits per heavy atom. The number of carboxylic acids is 1. The van der Waals surface area contributed by atoms with Crippen molar-refractivity contribution in [2.45, 2.75) is 25.0 Å². The van der Waals surface area contributed by atoms with Gasteiger partial charge in [0.2, 0.25) is 5.91 Å². The number of amides is 1. The first-order valence-electron chi connectivity index (χ1n) is 10.0. The molecule has 1 aromatic carbocycles. The van der Waals surface area contributed by atoms with Crippen LogP contribution in [0.15, 0.2) is 95.3 Å². The number of benzene rings is 1. The normalized spacial score (nSPS) is 20.0. The number of rotatable bonds is 7. The van der Waals surface area contributed by atoms with E-state index in [4.69, 9.17) is 4.74 Å². The predicted octanol–water partition coefficient (Wildman–Crippen LogP) is 3.26. The van der Waals surface area contributed by atoms with Crippen molar-refractivity contribution in [3.8, 4) is 0 Å². The van der Waals surface area contributed by atoms with Gasteiger partial charge in [-0.05, 0) is 48.3 Å². The molecule has 0 spiro atoms. The van der Waals surface area contributed by atoms with Crippen molar-refractivity contribution in [3.05, 3.63) is 101 Å². The van der Waals surface area contributed by atoms with Gasteiger partial charge in [0.25, 0.3) is 0 Å². The second-order valence-electron chi connectivity index (χ2n) is 7.38. The van der Waals surface area contributed by atoms with Gasteiger partial charge in [-0.1, -0.05) is 48.6 Å². The highest BCUT2D eigenvalue weighted by Gasteiger charge is 2.34. The van der Waals surface area contributed by atoms with Gasteiger partial charge in [0.15, 0.2) is 5.78 Å². The van der Waals surface area contributed by atoms with Gasteiger partial charge in [0.1, 0.15) is 17.9 Å². The van der Waals surface area contributed by atoms with Crippen molar-refractivity contribution in [1.82, 2.24) is 5.32 Å². The molecule has 4 rings (SSSR count). The van der Waals surface area contributed by atoms with E-state index in [2.05, 4.69) is 5.32 Å². The number of aliphatic carboxylic acids is 1. The molecule has 2 aliphatic carbocycles. The molecule has 3 aliphatic rings. The largest absolute Gasteiger partial charge is 0.481 e. The SMILES string of the molecule is O=C(C=Cc1ccccc1)NC(CCC1=CC2=C3C(=O)C=CC=C3OC2C=C1)C(=O)O. The lowest BCUT2D eigenvalue weighted by atomic mass is 9.91. The molecular formula is C25H21NO5. The van der Waals surface area contributed by atoms with Crippen LogP contribution in [0.3, 0.4) is 0 Å². The van der Waals surface area contributed by atoms with Crippen molar-refractivity contribution < 1.29 is 24.2 Å². The van der Waals surface area contributed by atoms with Gasteiger partial charge in [0.05, 0.1) is 5.57 Å². The molecule has 6 heteroatoms. The Morgan fingerprint density at radius 3 is 2.77 bits per heavy atom. The summed E-state index contributed by atoms with van der Waals surface area (Å²) in [5.74, 6) is -1.09. The minimum Gasteiger partial charge on any atom is -0.481 e. The molecule has 0 radical (unpaired) electrons. The number of ether oxygens (including phenoxy) is 1. The summed E-state index contributed by atoms with van der Waals surface area (Å²) < 4.78 is 5.79. The third kappa shape index (κ3) is 4.64. The predicted molar refractivity (Wildman–Crippen MR) is 116 cm³/mol. The van der Waals surface area contributed by atoms with E-state index in [-0.39, 0.29) is 18.3 Å². The van der Waals surface area contributed by atoms with E-state index in [0.29, 0.717) is 17.8 Å². The van der Waals surface area contributed by atoms with E-state index in [1.54, 1.807) is 18.2 Å². The molecular weight excluding hydrogens is 394 g/mol. The fourth-order valence-electron chi connectivity index (χ4n) is 3.67. The van der Waals surface area contributed by atoms with Gasteiger partial charge in [-0.15, -0.1) is 0 Å². The lowest BCUT2D eigenvalue weighted by Gasteiger charge is -2.17. The second kappa shape index (κ2) is 8.83. The van der Waals surface area contributed by atoms with Crippen molar-refractivity contribution >= 4 is 23.7 Å².